The number of carboxylic acid groups (broad SMARTS) is 1. The first-order valence-corrected chi connectivity index (χ1v) is 7.08. The molecule has 100 valence electrons. The van der Waals surface area contributed by atoms with Gasteiger partial charge >= 0.3 is 5.97 Å². The van der Waals surface area contributed by atoms with Gasteiger partial charge in [-0.2, -0.15) is 0 Å². The zero-order valence-corrected chi connectivity index (χ0v) is 11.7. The first-order valence-electron chi connectivity index (χ1n) is 6.27. The van der Waals surface area contributed by atoms with Crippen molar-refractivity contribution in [3.05, 3.63) is 21.9 Å². The van der Waals surface area contributed by atoms with Gasteiger partial charge in [-0.1, -0.05) is 0 Å². The number of likely N-dealkylation sites (N-methyl/N-ethyl adjacent to an activating group) is 2. The molecule has 1 aliphatic heterocycles. The van der Waals surface area contributed by atoms with E-state index in [0.29, 0.717) is 10.9 Å². The number of carboxylic acids is 1. The van der Waals surface area contributed by atoms with Gasteiger partial charge in [0, 0.05) is 24.0 Å². The largest absolute Gasteiger partial charge is 0.477 e. The smallest absolute Gasteiger partial charge is 0.345 e. The van der Waals surface area contributed by atoms with Crippen LogP contribution in [0.25, 0.3) is 0 Å². The highest BCUT2D eigenvalue weighted by Crippen LogP contribution is 2.20. The number of hydrogen-bond donors (Lipinski definition) is 1. The molecule has 1 aromatic heterocycles. The van der Waals surface area contributed by atoms with E-state index in [1.54, 1.807) is 6.07 Å². The molecule has 0 saturated carbocycles. The average Bonchev–Trinajstić information content (AvgIpc) is 2.89. The second-order valence-electron chi connectivity index (χ2n) is 5.04. The van der Waals surface area contributed by atoms with Crippen LogP contribution in [0.1, 0.15) is 27.4 Å². The predicted molar refractivity (Wildman–Crippen MR) is 73.3 cm³/mol. The van der Waals surface area contributed by atoms with E-state index < -0.39 is 5.97 Å². The average molecular weight is 268 g/mol. The van der Waals surface area contributed by atoms with Gasteiger partial charge in [-0.15, -0.1) is 11.3 Å². The number of thiophene rings is 1. The molecule has 1 unspecified atom stereocenters. The molecule has 1 atom stereocenters. The number of likely N-dealkylation sites (tertiary alicyclic amines) is 1. The Hall–Kier alpha value is -0.910. The van der Waals surface area contributed by atoms with Crippen LogP contribution in [0.3, 0.4) is 0 Å². The fourth-order valence-electron chi connectivity index (χ4n) is 2.48. The Kier molecular flexibility index (Phi) is 4.37. The molecule has 0 bridgehead atoms. The Morgan fingerprint density at radius 2 is 2.39 bits per heavy atom. The predicted octanol–water partition coefficient (Wildman–Crippen LogP) is 1.97. The molecule has 2 heterocycles. The van der Waals surface area contributed by atoms with Gasteiger partial charge in [-0.25, -0.2) is 4.79 Å². The molecular weight excluding hydrogens is 248 g/mol. The van der Waals surface area contributed by atoms with Crippen LogP contribution in [-0.4, -0.2) is 54.1 Å². The van der Waals surface area contributed by atoms with Crippen molar-refractivity contribution in [2.45, 2.75) is 25.4 Å². The molecular formula is C13H20N2O2S. The van der Waals surface area contributed by atoms with Crippen LogP contribution in [0.4, 0.5) is 0 Å². The van der Waals surface area contributed by atoms with E-state index in [-0.39, 0.29) is 0 Å². The van der Waals surface area contributed by atoms with Crippen LogP contribution in [0, 0.1) is 0 Å². The zero-order chi connectivity index (χ0) is 13.1. The lowest BCUT2D eigenvalue weighted by molar-refractivity contribution is 0.0702. The normalized spacial score (nSPS) is 20.7. The van der Waals surface area contributed by atoms with Gasteiger partial charge in [-0.05, 0) is 45.6 Å². The Balaban J connectivity index is 1.86. The molecule has 2 rings (SSSR count). The van der Waals surface area contributed by atoms with Crippen molar-refractivity contribution in [3.8, 4) is 0 Å². The Morgan fingerprint density at radius 1 is 1.61 bits per heavy atom. The maximum Gasteiger partial charge on any atom is 0.345 e. The summed E-state index contributed by atoms with van der Waals surface area (Å²) in [6, 6.07) is 4.26. The Morgan fingerprint density at radius 3 is 2.94 bits per heavy atom. The standard InChI is InChI=1S/C13H20N2O2S/c1-14(8-10-4-3-7-15(10)2)9-11-5-6-12(18-11)13(16)17/h5-6,10H,3-4,7-9H2,1-2H3,(H,16,17). The second-order valence-corrected chi connectivity index (χ2v) is 6.21. The van der Waals surface area contributed by atoms with Crippen molar-refractivity contribution >= 4 is 17.3 Å². The summed E-state index contributed by atoms with van der Waals surface area (Å²) in [6.07, 6.45) is 2.56. The molecule has 1 fully saturated rings. The second kappa shape index (κ2) is 5.82. The molecule has 0 spiro atoms. The first kappa shape index (κ1) is 13.5. The van der Waals surface area contributed by atoms with Crippen molar-refractivity contribution in [1.82, 2.24) is 9.80 Å². The molecule has 18 heavy (non-hydrogen) atoms. The van der Waals surface area contributed by atoms with Crippen LogP contribution in [-0.2, 0) is 6.54 Å². The van der Waals surface area contributed by atoms with Gasteiger partial charge in [0.15, 0.2) is 0 Å². The Bertz CT molecular complexity index is 419. The molecule has 5 heteroatoms. The van der Waals surface area contributed by atoms with E-state index in [1.807, 2.05) is 6.07 Å². The van der Waals surface area contributed by atoms with Crippen LogP contribution in [0.2, 0.25) is 0 Å². The summed E-state index contributed by atoms with van der Waals surface area (Å²) in [5, 5.41) is 8.89. The molecule has 1 aliphatic rings. The lowest BCUT2D eigenvalue weighted by Gasteiger charge is -2.25. The first-order chi connectivity index (χ1) is 8.56. The third-order valence-electron chi connectivity index (χ3n) is 3.49. The van der Waals surface area contributed by atoms with E-state index >= 15 is 0 Å². The number of aromatic carboxylic acids is 1. The maximum atomic E-state index is 10.8. The molecule has 0 radical (unpaired) electrons. The Labute approximate surface area is 112 Å². The molecule has 1 saturated heterocycles. The minimum Gasteiger partial charge on any atom is -0.477 e. The number of carbonyl (C=O) groups is 1. The van der Waals surface area contributed by atoms with Crippen molar-refractivity contribution in [3.63, 3.8) is 0 Å². The van der Waals surface area contributed by atoms with Gasteiger partial charge in [0.05, 0.1) is 0 Å². The highest BCUT2D eigenvalue weighted by molar-refractivity contribution is 7.13. The van der Waals surface area contributed by atoms with E-state index in [1.165, 1.54) is 30.7 Å². The van der Waals surface area contributed by atoms with Crippen LogP contribution < -0.4 is 0 Å². The van der Waals surface area contributed by atoms with Crippen molar-refractivity contribution in [2.75, 3.05) is 27.2 Å². The zero-order valence-electron chi connectivity index (χ0n) is 10.9. The van der Waals surface area contributed by atoms with Crippen LogP contribution in [0.15, 0.2) is 12.1 Å². The summed E-state index contributed by atoms with van der Waals surface area (Å²) in [6.45, 7) is 3.08. The van der Waals surface area contributed by atoms with Crippen LogP contribution >= 0.6 is 11.3 Å². The van der Waals surface area contributed by atoms with Gasteiger partial charge in [0.2, 0.25) is 0 Å². The lowest BCUT2D eigenvalue weighted by Crippen LogP contribution is -2.36. The van der Waals surface area contributed by atoms with Gasteiger partial charge in [0.1, 0.15) is 4.88 Å². The van der Waals surface area contributed by atoms with Crippen molar-refractivity contribution in [1.29, 1.82) is 0 Å². The molecule has 0 amide bonds. The minimum absolute atomic E-state index is 0.427. The summed E-state index contributed by atoms with van der Waals surface area (Å²) >= 11 is 1.37. The SMILES string of the molecule is CN(Cc1ccc(C(=O)O)s1)CC1CCCN1C. The summed E-state index contributed by atoms with van der Waals surface area (Å²) in [7, 11) is 4.28. The molecule has 1 N–H and O–H groups in total. The maximum absolute atomic E-state index is 10.8. The monoisotopic (exact) mass is 268 g/mol. The van der Waals surface area contributed by atoms with E-state index in [2.05, 4.69) is 23.9 Å². The third-order valence-corrected chi connectivity index (χ3v) is 4.55. The van der Waals surface area contributed by atoms with Gasteiger partial charge in [-0.3, -0.25) is 4.90 Å². The van der Waals surface area contributed by atoms with Crippen molar-refractivity contribution < 1.29 is 9.90 Å². The summed E-state index contributed by atoms with van der Waals surface area (Å²) in [5.41, 5.74) is 0. The summed E-state index contributed by atoms with van der Waals surface area (Å²) < 4.78 is 0. The number of rotatable bonds is 5. The number of hydrogen-bond acceptors (Lipinski definition) is 4. The summed E-state index contributed by atoms with van der Waals surface area (Å²) in [4.78, 5) is 17.1. The molecule has 0 aliphatic carbocycles. The van der Waals surface area contributed by atoms with Gasteiger partial charge in [0.25, 0.3) is 0 Å². The fraction of sp³-hybridized carbons (Fsp3) is 0.615. The van der Waals surface area contributed by atoms with E-state index in [4.69, 9.17) is 5.11 Å². The highest BCUT2D eigenvalue weighted by Gasteiger charge is 2.22. The third kappa shape index (κ3) is 3.31. The summed E-state index contributed by atoms with van der Waals surface area (Å²) in [5.74, 6) is -0.829. The quantitative estimate of drug-likeness (QED) is 0.887. The highest BCUT2D eigenvalue weighted by atomic mass is 32.1. The fourth-order valence-corrected chi connectivity index (χ4v) is 3.41. The van der Waals surface area contributed by atoms with E-state index in [9.17, 15) is 4.79 Å². The van der Waals surface area contributed by atoms with Crippen molar-refractivity contribution in [2.24, 2.45) is 0 Å². The topological polar surface area (TPSA) is 43.8 Å². The number of nitrogens with zero attached hydrogens (tertiary/aromatic N) is 2. The lowest BCUT2D eigenvalue weighted by atomic mass is 10.2. The minimum atomic E-state index is -0.829. The van der Waals surface area contributed by atoms with Gasteiger partial charge < -0.3 is 10.0 Å². The molecule has 0 aromatic carbocycles. The van der Waals surface area contributed by atoms with E-state index in [0.717, 1.165) is 18.0 Å². The molecule has 4 nitrogen and oxygen atoms in total. The molecule has 1 aromatic rings. The van der Waals surface area contributed by atoms with Crippen LogP contribution in [0.5, 0.6) is 0 Å².